The van der Waals surface area contributed by atoms with Crippen LogP contribution in [0.2, 0.25) is 0 Å². The molecule has 0 aromatic carbocycles. The first kappa shape index (κ1) is 16.3. The van der Waals surface area contributed by atoms with Crippen LogP contribution in [-0.2, 0) is 4.74 Å². The second kappa shape index (κ2) is 5.72. The van der Waals surface area contributed by atoms with E-state index in [4.69, 9.17) is 4.74 Å². The minimum absolute atomic E-state index is 0.158. The molecule has 1 aliphatic carbocycles. The molecule has 1 amide bonds. The van der Waals surface area contributed by atoms with E-state index in [0.717, 1.165) is 25.7 Å². The molecule has 0 aromatic heterocycles. The molecule has 0 spiro atoms. The third-order valence-electron chi connectivity index (χ3n) is 3.83. The first-order valence-corrected chi connectivity index (χ1v) is 7.53. The number of carbonyl (C=O) groups excluding carboxylic acids is 1. The number of alkyl carbamates (subject to hydrolysis) is 1. The number of amides is 1. The van der Waals surface area contributed by atoms with E-state index in [0.29, 0.717) is 6.61 Å². The van der Waals surface area contributed by atoms with Gasteiger partial charge in [0.05, 0.1) is 6.61 Å². The van der Waals surface area contributed by atoms with Gasteiger partial charge in [0.1, 0.15) is 0 Å². The number of ether oxygens (including phenoxy) is 1. The predicted octanol–water partition coefficient (Wildman–Crippen LogP) is 4.51. The van der Waals surface area contributed by atoms with Crippen molar-refractivity contribution in [3.63, 3.8) is 0 Å². The van der Waals surface area contributed by atoms with Crippen LogP contribution < -0.4 is 5.32 Å². The quantitative estimate of drug-likeness (QED) is 0.763. The van der Waals surface area contributed by atoms with Gasteiger partial charge in [-0.15, -0.1) is 0 Å². The average molecular weight is 269 g/mol. The summed E-state index contributed by atoms with van der Waals surface area (Å²) in [6, 6.07) is 0. The van der Waals surface area contributed by atoms with Crippen molar-refractivity contribution in [2.45, 2.75) is 79.2 Å². The van der Waals surface area contributed by atoms with Crippen LogP contribution in [0.15, 0.2) is 0 Å². The molecule has 1 aliphatic rings. The maximum Gasteiger partial charge on any atom is 0.407 e. The second-order valence-corrected chi connectivity index (χ2v) is 8.03. The molecule has 0 aromatic rings. The summed E-state index contributed by atoms with van der Waals surface area (Å²) in [6.07, 6.45) is 4.93. The second-order valence-electron chi connectivity index (χ2n) is 8.03. The number of unbranched alkanes of at least 4 members (excludes halogenated alkanes) is 1. The Morgan fingerprint density at radius 1 is 1.05 bits per heavy atom. The fourth-order valence-corrected chi connectivity index (χ4v) is 4.28. The highest BCUT2D eigenvalue weighted by molar-refractivity contribution is 5.68. The van der Waals surface area contributed by atoms with Crippen molar-refractivity contribution >= 4 is 6.09 Å². The summed E-state index contributed by atoms with van der Waals surface area (Å²) in [6.45, 7) is 13.9. The van der Waals surface area contributed by atoms with E-state index in [1.54, 1.807) is 0 Å². The van der Waals surface area contributed by atoms with Crippen LogP contribution >= 0.6 is 0 Å². The standard InChI is InChI=1S/C16H31NO2/c1-7-8-9-19-13(18)17-16(6)11-14(2,3)10-15(4,5)12-16/h7-12H2,1-6H3,(H,17,18). The molecule has 0 bridgehead atoms. The largest absolute Gasteiger partial charge is 0.450 e. The van der Waals surface area contributed by atoms with Gasteiger partial charge < -0.3 is 10.1 Å². The van der Waals surface area contributed by atoms with Crippen LogP contribution in [0, 0.1) is 10.8 Å². The van der Waals surface area contributed by atoms with Crippen LogP contribution in [0.3, 0.4) is 0 Å². The lowest BCUT2D eigenvalue weighted by Gasteiger charge is -2.50. The van der Waals surface area contributed by atoms with Crippen LogP contribution in [0.1, 0.15) is 73.6 Å². The highest BCUT2D eigenvalue weighted by Gasteiger charge is 2.45. The summed E-state index contributed by atoms with van der Waals surface area (Å²) in [4.78, 5) is 11.9. The van der Waals surface area contributed by atoms with Crippen LogP contribution in [0.4, 0.5) is 4.79 Å². The smallest absolute Gasteiger partial charge is 0.407 e. The summed E-state index contributed by atoms with van der Waals surface area (Å²) in [7, 11) is 0. The van der Waals surface area contributed by atoms with Gasteiger partial charge in [-0.25, -0.2) is 4.79 Å². The minimum atomic E-state index is -0.260. The number of nitrogens with one attached hydrogen (secondary N) is 1. The molecule has 1 fully saturated rings. The monoisotopic (exact) mass is 269 g/mol. The molecule has 1 rings (SSSR count). The van der Waals surface area contributed by atoms with Gasteiger partial charge >= 0.3 is 6.09 Å². The molecule has 3 heteroatoms. The van der Waals surface area contributed by atoms with Gasteiger partial charge in [0.2, 0.25) is 0 Å². The minimum Gasteiger partial charge on any atom is -0.450 e. The van der Waals surface area contributed by atoms with E-state index < -0.39 is 0 Å². The summed E-state index contributed by atoms with van der Waals surface area (Å²) < 4.78 is 5.24. The summed E-state index contributed by atoms with van der Waals surface area (Å²) in [5.41, 5.74) is 0.356. The lowest BCUT2D eigenvalue weighted by Crippen LogP contribution is -2.55. The number of hydrogen-bond acceptors (Lipinski definition) is 2. The summed E-state index contributed by atoms with van der Waals surface area (Å²) in [5.74, 6) is 0. The molecule has 1 saturated carbocycles. The molecule has 19 heavy (non-hydrogen) atoms. The van der Waals surface area contributed by atoms with Crippen molar-refractivity contribution < 1.29 is 9.53 Å². The van der Waals surface area contributed by atoms with Crippen molar-refractivity contribution in [3.05, 3.63) is 0 Å². The van der Waals surface area contributed by atoms with E-state index >= 15 is 0 Å². The van der Waals surface area contributed by atoms with E-state index in [1.807, 2.05) is 0 Å². The molecule has 1 N–H and O–H groups in total. The highest BCUT2D eigenvalue weighted by atomic mass is 16.5. The van der Waals surface area contributed by atoms with Crippen molar-refractivity contribution in [2.24, 2.45) is 10.8 Å². The summed E-state index contributed by atoms with van der Waals surface area (Å²) >= 11 is 0. The number of hydrogen-bond donors (Lipinski definition) is 1. The Hall–Kier alpha value is -0.730. The maximum absolute atomic E-state index is 11.9. The van der Waals surface area contributed by atoms with Crippen LogP contribution in [0.25, 0.3) is 0 Å². The lowest BCUT2D eigenvalue weighted by atomic mass is 9.59. The molecule has 0 radical (unpaired) electrons. The first-order chi connectivity index (χ1) is 8.58. The van der Waals surface area contributed by atoms with Crippen molar-refractivity contribution in [1.82, 2.24) is 5.32 Å². The molecule has 112 valence electrons. The molecular formula is C16H31NO2. The Labute approximate surface area is 118 Å². The third-order valence-corrected chi connectivity index (χ3v) is 3.83. The molecule has 0 unspecified atom stereocenters. The van der Waals surface area contributed by atoms with E-state index in [9.17, 15) is 4.79 Å². The summed E-state index contributed by atoms with van der Waals surface area (Å²) in [5, 5.41) is 3.10. The van der Waals surface area contributed by atoms with Gasteiger partial charge in [-0.1, -0.05) is 41.0 Å². The van der Waals surface area contributed by atoms with Gasteiger partial charge in [0.25, 0.3) is 0 Å². The third kappa shape index (κ3) is 5.42. The Morgan fingerprint density at radius 2 is 1.58 bits per heavy atom. The fraction of sp³-hybridized carbons (Fsp3) is 0.938. The zero-order chi connectivity index (χ0) is 14.7. The van der Waals surface area contributed by atoms with Gasteiger partial charge in [-0.05, 0) is 43.4 Å². The van der Waals surface area contributed by atoms with Crippen LogP contribution in [0.5, 0.6) is 0 Å². The van der Waals surface area contributed by atoms with Crippen LogP contribution in [-0.4, -0.2) is 18.2 Å². The number of carbonyl (C=O) groups is 1. The molecule has 0 saturated heterocycles. The lowest BCUT2D eigenvalue weighted by molar-refractivity contribution is 0.0343. The van der Waals surface area contributed by atoms with Gasteiger partial charge in [0.15, 0.2) is 0 Å². The Bertz CT molecular complexity index is 305. The Kier molecular flexibility index (Phi) is 4.91. The van der Waals surface area contributed by atoms with Gasteiger partial charge in [-0.3, -0.25) is 0 Å². The predicted molar refractivity (Wildman–Crippen MR) is 79.2 cm³/mol. The molecule has 0 atom stereocenters. The van der Waals surface area contributed by atoms with E-state index in [-0.39, 0.29) is 22.5 Å². The van der Waals surface area contributed by atoms with Crippen molar-refractivity contribution in [2.75, 3.05) is 6.61 Å². The SMILES string of the molecule is CCCCOC(=O)NC1(C)CC(C)(C)CC(C)(C)C1. The van der Waals surface area contributed by atoms with Gasteiger partial charge in [0, 0.05) is 5.54 Å². The molecule has 0 heterocycles. The maximum atomic E-state index is 11.9. The highest BCUT2D eigenvalue weighted by Crippen LogP contribution is 2.49. The number of rotatable bonds is 4. The Balaban J connectivity index is 2.61. The normalized spacial score (nSPS) is 23.7. The van der Waals surface area contributed by atoms with Gasteiger partial charge in [-0.2, -0.15) is 0 Å². The zero-order valence-corrected chi connectivity index (χ0v) is 13.6. The first-order valence-electron chi connectivity index (χ1n) is 7.53. The average Bonchev–Trinajstić information content (AvgIpc) is 2.10. The topological polar surface area (TPSA) is 38.3 Å². The van der Waals surface area contributed by atoms with E-state index in [1.165, 1.54) is 6.42 Å². The van der Waals surface area contributed by atoms with Crippen molar-refractivity contribution in [3.8, 4) is 0 Å². The fourth-order valence-electron chi connectivity index (χ4n) is 4.28. The zero-order valence-electron chi connectivity index (χ0n) is 13.6. The Morgan fingerprint density at radius 3 is 2.05 bits per heavy atom. The molecular weight excluding hydrogens is 238 g/mol. The van der Waals surface area contributed by atoms with E-state index in [2.05, 4.69) is 46.9 Å². The van der Waals surface area contributed by atoms with Crippen molar-refractivity contribution in [1.29, 1.82) is 0 Å². The molecule has 0 aliphatic heterocycles. The molecule has 3 nitrogen and oxygen atoms in total.